The SMILES string of the molecule is Cn1cc(C2=C(c3cn(CCCN=C(N)C[N+](=O)[O-])c4ccccc34)C(=O)NC2=O)c2ccccc21. The lowest BCUT2D eigenvalue weighted by Crippen LogP contribution is -2.23. The van der Waals surface area contributed by atoms with Gasteiger partial charge in [-0.2, -0.15) is 0 Å². The van der Waals surface area contributed by atoms with E-state index >= 15 is 0 Å². The summed E-state index contributed by atoms with van der Waals surface area (Å²) in [4.78, 5) is 40.3. The molecule has 182 valence electrons. The first kappa shape index (κ1) is 23.0. The number of fused-ring (bicyclic) bond motifs is 2. The largest absolute Gasteiger partial charge is 0.382 e. The molecule has 1 aliphatic rings. The zero-order chi connectivity index (χ0) is 25.4. The predicted molar refractivity (Wildman–Crippen MR) is 138 cm³/mol. The van der Waals surface area contributed by atoms with Gasteiger partial charge in [-0.05, 0) is 18.6 Å². The van der Waals surface area contributed by atoms with Crippen LogP contribution in [0, 0.1) is 10.1 Å². The Balaban J connectivity index is 1.57. The molecule has 3 heterocycles. The molecule has 0 unspecified atom stereocenters. The molecule has 2 aromatic heterocycles. The van der Waals surface area contributed by atoms with Gasteiger partial charge in [0.25, 0.3) is 18.4 Å². The summed E-state index contributed by atoms with van der Waals surface area (Å²) in [7, 11) is 1.91. The lowest BCUT2D eigenvalue weighted by molar-refractivity contribution is -0.463. The van der Waals surface area contributed by atoms with Gasteiger partial charge < -0.3 is 14.9 Å². The first-order valence-electron chi connectivity index (χ1n) is 11.5. The molecule has 4 aromatic rings. The summed E-state index contributed by atoms with van der Waals surface area (Å²) in [5, 5.41) is 14.8. The maximum atomic E-state index is 13.1. The van der Waals surface area contributed by atoms with Gasteiger partial charge in [-0.25, -0.2) is 0 Å². The van der Waals surface area contributed by atoms with E-state index in [0.29, 0.717) is 41.8 Å². The third-order valence-corrected chi connectivity index (χ3v) is 6.32. The number of nitrogens with two attached hydrogens (primary N) is 1. The molecule has 0 saturated carbocycles. The molecule has 0 bridgehead atoms. The molecule has 0 atom stereocenters. The Labute approximate surface area is 205 Å². The second-order valence-corrected chi connectivity index (χ2v) is 8.67. The number of aliphatic imine (C=N–C) groups is 1. The lowest BCUT2D eigenvalue weighted by Gasteiger charge is -2.04. The van der Waals surface area contributed by atoms with Crippen molar-refractivity contribution < 1.29 is 14.5 Å². The predicted octanol–water partition coefficient (Wildman–Crippen LogP) is 2.72. The highest BCUT2D eigenvalue weighted by atomic mass is 16.6. The van der Waals surface area contributed by atoms with Crippen LogP contribution in [0.5, 0.6) is 0 Å². The number of benzene rings is 2. The molecule has 5 rings (SSSR count). The Bertz CT molecular complexity index is 1610. The van der Waals surface area contributed by atoms with Gasteiger partial charge in [0.2, 0.25) is 0 Å². The van der Waals surface area contributed by atoms with Gasteiger partial charge in [-0.1, -0.05) is 36.4 Å². The van der Waals surface area contributed by atoms with Crippen LogP contribution in [0.3, 0.4) is 0 Å². The van der Waals surface area contributed by atoms with Crippen LogP contribution in [-0.4, -0.2) is 44.8 Å². The smallest absolute Gasteiger partial charge is 0.259 e. The molecule has 36 heavy (non-hydrogen) atoms. The van der Waals surface area contributed by atoms with E-state index in [9.17, 15) is 19.7 Å². The zero-order valence-electron chi connectivity index (χ0n) is 19.6. The van der Waals surface area contributed by atoms with E-state index in [4.69, 9.17) is 5.73 Å². The first-order valence-corrected chi connectivity index (χ1v) is 11.5. The summed E-state index contributed by atoms with van der Waals surface area (Å²) >= 11 is 0. The van der Waals surface area contributed by atoms with Crippen LogP contribution in [-0.2, 0) is 23.2 Å². The van der Waals surface area contributed by atoms with Crippen molar-refractivity contribution in [2.24, 2.45) is 17.8 Å². The van der Waals surface area contributed by atoms with Crippen LogP contribution >= 0.6 is 0 Å². The zero-order valence-corrected chi connectivity index (χ0v) is 19.6. The van der Waals surface area contributed by atoms with Crippen LogP contribution < -0.4 is 11.1 Å². The molecular weight excluding hydrogens is 460 g/mol. The fourth-order valence-corrected chi connectivity index (χ4v) is 4.79. The van der Waals surface area contributed by atoms with Crippen molar-refractivity contribution in [1.82, 2.24) is 14.5 Å². The van der Waals surface area contributed by atoms with Crippen molar-refractivity contribution in [2.45, 2.75) is 13.0 Å². The van der Waals surface area contributed by atoms with Crippen molar-refractivity contribution in [1.29, 1.82) is 0 Å². The average Bonchev–Trinajstić information content (AvgIpc) is 3.47. The number of nitrogens with one attached hydrogen (secondary N) is 1. The summed E-state index contributed by atoms with van der Waals surface area (Å²) in [6, 6.07) is 15.5. The minimum atomic E-state index is -0.514. The molecule has 2 aromatic carbocycles. The Kier molecular flexibility index (Phi) is 5.85. The van der Waals surface area contributed by atoms with E-state index in [-0.39, 0.29) is 5.84 Å². The minimum absolute atomic E-state index is 0.0101. The summed E-state index contributed by atoms with van der Waals surface area (Å²) in [5.74, 6) is -0.856. The van der Waals surface area contributed by atoms with Gasteiger partial charge >= 0.3 is 0 Å². The number of nitro groups is 1. The standard InChI is InChI=1S/C26H24N6O4/c1-30-13-18(16-7-2-4-9-20(16)30)23-24(26(34)29-25(23)33)19-14-31(21-10-5-3-8-17(19)21)12-6-11-28-22(27)15-32(35)36/h2-5,7-10,13-14H,6,11-12,15H2,1H3,(H2,27,28)(H,29,33,34). The lowest BCUT2D eigenvalue weighted by atomic mass is 9.95. The second kappa shape index (κ2) is 9.14. The van der Waals surface area contributed by atoms with Gasteiger partial charge in [-0.3, -0.25) is 30.0 Å². The van der Waals surface area contributed by atoms with Crippen molar-refractivity contribution >= 4 is 50.6 Å². The van der Waals surface area contributed by atoms with Crippen molar-refractivity contribution in [3.05, 3.63) is 82.2 Å². The summed E-state index contributed by atoms with van der Waals surface area (Å²) in [6.07, 6.45) is 4.36. The maximum absolute atomic E-state index is 13.1. The van der Waals surface area contributed by atoms with Gasteiger partial charge in [-0.15, -0.1) is 0 Å². The molecule has 10 heteroatoms. The van der Waals surface area contributed by atoms with Gasteiger partial charge in [0.15, 0.2) is 5.84 Å². The number of amidine groups is 1. The van der Waals surface area contributed by atoms with Gasteiger partial charge in [0, 0.05) is 70.4 Å². The third kappa shape index (κ3) is 4.02. The topological polar surface area (TPSA) is 138 Å². The third-order valence-electron chi connectivity index (χ3n) is 6.32. The number of aryl methyl sites for hydroxylation is 2. The molecular formula is C26H24N6O4. The number of amides is 2. The molecule has 2 amide bonds. The second-order valence-electron chi connectivity index (χ2n) is 8.67. The number of hydrogen-bond acceptors (Lipinski definition) is 5. The van der Waals surface area contributed by atoms with E-state index in [2.05, 4.69) is 10.3 Å². The summed E-state index contributed by atoms with van der Waals surface area (Å²) in [6.45, 7) is 0.414. The van der Waals surface area contributed by atoms with Crippen LogP contribution in [0.1, 0.15) is 17.5 Å². The fourth-order valence-electron chi connectivity index (χ4n) is 4.79. The van der Waals surface area contributed by atoms with E-state index in [0.717, 1.165) is 21.8 Å². The quantitative estimate of drug-likeness (QED) is 0.0989. The minimum Gasteiger partial charge on any atom is -0.382 e. The molecule has 3 N–H and O–H groups in total. The number of aromatic nitrogens is 2. The van der Waals surface area contributed by atoms with Crippen molar-refractivity contribution in [3.63, 3.8) is 0 Å². The molecule has 10 nitrogen and oxygen atoms in total. The number of para-hydroxylation sites is 2. The van der Waals surface area contributed by atoms with Crippen LogP contribution in [0.25, 0.3) is 33.0 Å². The monoisotopic (exact) mass is 484 g/mol. The van der Waals surface area contributed by atoms with Crippen LogP contribution in [0.15, 0.2) is 65.9 Å². The summed E-state index contributed by atoms with van der Waals surface area (Å²) in [5.41, 5.74) is 9.55. The molecule has 0 fully saturated rings. The molecule has 0 aliphatic carbocycles. The fraction of sp³-hybridized carbons (Fsp3) is 0.192. The van der Waals surface area contributed by atoms with Crippen LogP contribution in [0.4, 0.5) is 0 Å². The molecule has 1 aliphatic heterocycles. The van der Waals surface area contributed by atoms with Crippen molar-refractivity contribution in [2.75, 3.05) is 13.1 Å². The first-order chi connectivity index (χ1) is 17.3. The van der Waals surface area contributed by atoms with E-state index in [1.54, 1.807) is 0 Å². The highest BCUT2D eigenvalue weighted by Gasteiger charge is 2.35. The van der Waals surface area contributed by atoms with Crippen molar-refractivity contribution in [3.8, 4) is 0 Å². The molecule has 0 radical (unpaired) electrons. The van der Waals surface area contributed by atoms with E-state index in [1.165, 1.54) is 0 Å². The Hall–Kier alpha value is -4.73. The van der Waals surface area contributed by atoms with Gasteiger partial charge in [0.05, 0.1) is 11.1 Å². The number of carbonyl (C=O) groups excluding carboxylic acids is 2. The number of imide groups is 1. The number of nitrogens with zero attached hydrogens (tertiary/aromatic N) is 4. The van der Waals surface area contributed by atoms with E-state index in [1.807, 2.05) is 77.1 Å². The average molecular weight is 485 g/mol. The van der Waals surface area contributed by atoms with Crippen LogP contribution in [0.2, 0.25) is 0 Å². The normalized spacial score (nSPS) is 14.3. The number of rotatable bonds is 8. The maximum Gasteiger partial charge on any atom is 0.259 e. The van der Waals surface area contributed by atoms with E-state index < -0.39 is 23.3 Å². The number of carbonyl (C=O) groups is 2. The highest BCUT2D eigenvalue weighted by Crippen LogP contribution is 2.38. The summed E-state index contributed by atoms with van der Waals surface area (Å²) < 4.78 is 3.95. The molecule has 0 spiro atoms. The Morgan fingerprint density at radius 1 is 0.972 bits per heavy atom. The Morgan fingerprint density at radius 3 is 2.22 bits per heavy atom. The molecule has 0 saturated heterocycles. The Morgan fingerprint density at radius 2 is 1.56 bits per heavy atom. The highest BCUT2D eigenvalue weighted by molar-refractivity contribution is 6.50. The van der Waals surface area contributed by atoms with Gasteiger partial charge in [0.1, 0.15) is 0 Å². The number of hydrogen-bond donors (Lipinski definition) is 2.